The normalized spacial score (nSPS) is 10.5. The van der Waals surface area contributed by atoms with Gasteiger partial charge in [0.15, 0.2) is 0 Å². The van der Waals surface area contributed by atoms with E-state index in [1.165, 1.54) is 16.9 Å². The molecule has 5 nitrogen and oxygen atoms in total. The van der Waals surface area contributed by atoms with Gasteiger partial charge in [-0.3, -0.25) is 10.1 Å². The molecule has 0 fully saturated rings. The minimum Gasteiger partial charge on any atom is -0.497 e. The van der Waals surface area contributed by atoms with E-state index in [1.54, 1.807) is 19.2 Å². The topological polar surface area (TPSA) is 64.1 Å². The van der Waals surface area contributed by atoms with Crippen LogP contribution in [0.5, 0.6) is 5.75 Å². The molecule has 3 rings (SSSR count). The van der Waals surface area contributed by atoms with E-state index in [9.17, 15) is 4.79 Å². The number of hydrogen-bond acceptors (Lipinski definition) is 5. The molecular formula is C18H16BrN3O2S. The molecule has 1 amide bonds. The Labute approximate surface area is 158 Å². The zero-order valence-corrected chi connectivity index (χ0v) is 15.9. The highest BCUT2D eigenvalue weighted by atomic mass is 79.9. The van der Waals surface area contributed by atoms with Crippen molar-refractivity contribution >= 4 is 38.3 Å². The molecule has 0 bridgehead atoms. The lowest BCUT2D eigenvalue weighted by molar-refractivity contribution is 0.102. The summed E-state index contributed by atoms with van der Waals surface area (Å²) in [4.78, 5) is 12.2. The largest absolute Gasteiger partial charge is 0.497 e. The van der Waals surface area contributed by atoms with E-state index in [1.807, 2.05) is 36.4 Å². The van der Waals surface area contributed by atoms with E-state index in [0.29, 0.717) is 10.7 Å². The summed E-state index contributed by atoms with van der Waals surface area (Å²) >= 11 is 4.75. The highest BCUT2D eigenvalue weighted by molar-refractivity contribution is 9.10. The van der Waals surface area contributed by atoms with E-state index in [2.05, 4.69) is 31.4 Å². The van der Waals surface area contributed by atoms with Crippen molar-refractivity contribution in [2.75, 3.05) is 12.4 Å². The number of nitrogens with one attached hydrogen (secondary N) is 1. The van der Waals surface area contributed by atoms with Gasteiger partial charge in [0.05, 0.1) is 7.11 Å². The molecule has 0 aliphatic rings. The van der Waals surface area contributed by atoms with Crippen LogP contribution in [0.2, 0.25) is 0 Å². The second kappa shape index (κ2) is 8.22. The summed E-state index contributed by atoms with van der Waals surface area (Å²) in [6, 6.07) is 15.2. The molecule has 0 spiro atoms. The maximum Gasteiger partial charge on any atom is 0.257 e. The highest BCUT2D eigenvalue weighted by Crippen LogP contribution is 2.20. The summed E-state index contributed by atoms with van der Waals surface area (Å²) in [5.41, 5.74) is 1.78. The highest BCUT2D eigenvalue weighted by Gasteiger charge is 2.10. The number of amides is 1. The fraction of sp³-hybridized carbons (Fsp3) is 0.167. The van der Waals surface area contributed by atoms with Crippen molar-refractivity contribution in [3.05, 3.63) is 69.1 Å². The second-order valence-corrected chi connectivity index (χ2v) is 7.29. The van der Waals surface area contributed by atoms with Gasteiger partial charge in [-0.1, -0.05) is 45.5 Å². The van der Waals surface area contributed by atoms with Crippen LogP contribution in [-0.2, 0) is 12.8 Å². The van der Waals surface area contributed by atoms with Gasteiger partial charge >= 0.3 is 0 Å². The number of nitrogens with zero attached hydrogens (tertiary/aromatic N) is 2. The Hall–Kier alpha value is -2.25. The molecule has 128 valence electrons. The van der Waals surface area contributed by atoms with E-state index >= 15 is 0 Å². The molecule has 0 radical (unpaired) electrons. The molecular weight excluding hydrogens is 402 g/mol. The number of methoxy groups -OCH3 is 1. The van der Waals surface area contributed by atoms with Crippen LogP contribution in [0, 0.1) is 0 Å². The fourth-order valence-electron chi connectivity index (χ4n) is 2.25. The molecule has 7 heteroatoms. The summed E-state index contributed by atoms with van der Waals surface area (Å²) in [7, 11) is 1.65. The SMILES string of the molecule is COc1ccc(CCc2nnc(NC(=O)c3cccc(Br)c3)s2)cc1. The quantitative estimate of drug-likeness (QED) is 0.647. The monoisotopic (exact) mass is 417 g/mol. The van der Waals surface area contributed by atoms with Gasteiger partial charge in [0.1, 0.15) is 10.8 Å². The van der Waals surface area contributed by atoms with Gasteiger partial charge in [-0.05, 0) is 42.3 Å². The average Bonchev–Trinajstić information content (AvgIpc) is 3.08. The van der Waals surface area contributed by atoms with E-state index < -0.39 is 0 Å². The van der Waals surface area contributed by atoms with Crippen LogP contribution in [0.1, 0.15) is 20.9 Å². The van der Waals surface area contributed by atoms with Gasteiger partial charge in [-0.2, -0.15) is 0 Å². The van der Waals surface area contributed by atoms with Crippen molar-refractivity contribution in [2.24, 2.45) is 0 Å². The molecule has 0 saturated heterocycles. The van der Waals surface area contributed by atoms with E-state index in [4.69, 9.17) is 4.74 Å². The van der Waals surface area contributed by atoms with E-state index in [0.717, 1.165) is 28.1 Å². The third kappa shape index (κ3) is 4.87. The molecule has 0 aliphatic heterocycles. The molecule has 0 saturated carbocycles. The summed E-state index contributed by atoms with van der Waals surface area (Å²) in [6.07, 6.45) is 1.63. The predicted molar refractivity (Wildman–Crippen MR) is 102 cm³/mol. The third-order valence-corrected chi connectivity index (χ3v) is 4.95. The van der Waals surface area contributed by atoms with Crippen molar-refractivity contribution in [3.63, 3.8) is 0 Å². The summed E-state index contributed by atoms with van der Waals surface area (Å²) in [5.74, 6) is 0.649. The molecule has 0 unspecified atom stereocenters. The molecule has 3 aromatic rings. The number of carbonyl (C=O) groups is 1. The predicted octanol–water partition coefficient (Wildman–Crippen LogP) is 4.35. The number of halogens is 1. The number of benzene rings is 2. The van der Waals surface area contributed by atoms with Gasteiger partial charge in [0, 0.05) is 16.5 Å². The molecule has 2 aromatic carbocycles. The van der Waals surface area contributed by atoms with Crippen LogP contribution in [0.15, 0.2) is 53.0 Å². The van der Waals surface area contributed by atoms with Gasteiger partial charge < -0.3 is 4.74 Å². The number of anilines is 1. The Kier molecular flexibility index (Phi) is 5.78. The first-order valence-corrected chi connectivity index (χ1v) is 9.27. The van der Waals surface area contributed by atoms with Crippen LogP contribution in [0.25, 0.3) is 0 Å². The zero-order chi connectivity index (χ0) is 17.6. The lowest BCUT2D eigenvalue weighted by atomic mass is 10.1. The summed E-state index contributed by atoms with van der Waals surface area (Å²) in [6.45, 7) is 0. The Balaban J connectivity index is 1.57. The number of hydrogen-bond donors (Lipinski definition) is 1. The molecule has 0 atom stereocenters. The second-order valence-electron chi connectivity index (χ2n) is 5.31. The van der Waals surface area contributed by atoms with Crippen LogP contribution in [0.3, 0.4) is 0 Å². The number of rotatable bonds is 6. The Bertz CT molecular complexity index is 865. The summed E-state index contributed by atoms with van der Waals surface area (Å²) in [5, 5.41) is 12.4. The van der Waals surface area contributed by atoms with Gasteiger partial charge in [-0.25, -0.2) is 0 Å². The van der Waals surface area contributed by atoms with Crippen LogP contribution < -0.4 is 10.1 Å². The van der Waals surface area contributed by atoms with E-state index in [-0.39, 0.29) is 5.91 Å². The molecule has 1 N–H and O–H groups in total. The molecule has 1 aromatic heterocycles. The fourth-order valence-corrected chi connectivity index (χ4v) is 3.38. The number of aryl methyl sites for hydroxylation is 2. The van der Waals surface area contributed by atoms with Crippen LogP contribution >= 0.6 is 27.3 Å². The molecule has 1 heterocycles. The first kappa shape index (κ1) is 17.6. The van der Waals surface area contributed by atoms with Crippen molar-refractivity contribution in [1.82, 2.24) is 10.2 Å². The molecule has 0 aliphatic carbocycles. The first-order valence-electron chi connectivity index (χ1n) is 7.66. The Morgan fingerprint density at radius 2 is 1.96 bits per heavy atom. The van der Waals surface area contributed by atoms with Crippen LogP contribution in [-0.4, -0.2) is 23.2 Å². The van der Waals surface area contributed by atoms with Gasteiger partial charge in [0.25, 0.3) is 5.91 Å². The van der Waals surface area contributed by atoms with Crippen molar-refractivity contribution in [3.8, 4) is 5.75 Å². The Morgan fingerprint density at radius 1 is 1.16 bits per heavy atom. The Morgan fingerprint density at radius 3 is 2.68 bits per heavy atom. The van der Waals surface area contributed by atoms with Gasteiger partial charge in [0.2, 0.25) is 5.13 Å². The zero-order valence-electron chi connectivity index (χ0n) is 13.5. The van der Waals surface area contributed by atoms with Crippen molar-refractivity contribution in [1.29, 1.82) is 0 Å². The minimum absolute atomic E-state index is 0.195. The van der Waals surface area contributed by atoms with Gasteiger partial charge in [-0.15, -0.1) is 10.2 Å². The molecule has 25 heavy (non-hydrogen) atoms. The lowest BCUT2D eigenvalue weighted by Gasteiger charge is -2.02. The van der Waals surface area contributed by atoms with Crippen molar-refractivity contribution < 1.29 is 9.53 Å². The van der Waals surface area contributed by atoms with Crippen molar-refractivity contribution in [2.45, 2.75) is 12.8 Å². The lowest BCUT2D eigenvalue weighted by Crippen LogP contribution is -2.11. The average molecular weight is 418 g/mol. The maximum atomic E-state index is 12.2. The smallest absolute Gasteiger partial charge is 0.257 e. The minimum atomic E-state index is -0.195. The number of ether oxygens (including phenoxy) is 1. The summed E-state index contributed by atoms with van der Waals surface area (Å²) < 4.78 is 6.01. The maximum absolute atomic E-state index is 12.2. The number of aromatic nitrogens is 2. The third-order valence-electron chi connectivity index (χ3n) is 3.56. The standard InChI is InChI=1S/C18H16BrN3O2S/c1-24-15-8-5-12(6-9-15)7-10-16-21-22-18(25-16)20-17(23)13-3-2-4-14(19)11-13/h2-6,8-9,11H,7,10H2,1H3,(H,20,22,23). The number of carbonyl (C=O) groups excluding carboxylic acids is 1. The van der Waals surface area contributed by atoms with Crippen LogP contribution in [0.4, 0.5) is 5.13 Å². The first-order chi connectivity index (χ1) is 12.1.